The number of carbonyl (C=O) groups excluding carboxylic acids is 6. The first-order valence-electron chi connectivity index (χ1n) is 22.6. The van der Waals surface area contributed by atoms with Gasteiger partial charge in [0.2, 0.25) is 32.6 Å². The monoisotopic (exact) mass is 1080 g/mol. The normalized spacial score (nSPS) is 15.5. The van der Waals surface area contributed by atoms with Gasteiger partial charge in [-0.3, -0.25) is 46.7 Å². The third-order valence-electron chi connectivity index (χ3n) is 9.77. The predicted octanol–water partition coefficient (Wildman–Crippen LogP) is 6.31. The van der Waals surface area contributed by atoms with Gasteiger partial charge in [-0.05, 0) is 67.9 Å². The molecule has 1 saturated heterocycles. The number of ether oxygens (including phenoxy) is 9. The highest BCUT2D eigenvalue weighted by Crippen LogP contribution is 2.49. The van der Waals surface area contributed by atoms with Gasteiger partial charge >= 0.3 is 32.2 Å². The van der Waals surface area contributed by atoms with E-state index in [0.29, 0.717) is 6.07 Å². The van der Waals surface area contributed by atoms with Gasteiger partial charge in [-0.15, -0.1) is 0 Å². The lowest BCUT2D eigenvalue weighted by Crippen LogP contribution is -2.71. The van der Waals surface area contributed by atoms with Crippen molar-refractivity contribution >= 4 is 52.4 Å². The van der Waals surface area contributed by atoms with Crippen LogP contribution in [0.4, 0.5) is 28.0 Å². The summed E-state index contributed by atoms with van der Waals surface area (Å²) in [5.41, 5.74) is -4.56. The van der Waals surface area contributed by atoms with E-state index in [2.05, 4.69) is 5.32 Å². The third kappa shape index (κ3) is 17.9. The van der Waals surface area contributed by atoms with Crippen LogP contribution in [0.1, 0.15) is 94.6 Å². The first-order chi connectivity index (χ1) is 34.4. The molecule has 2 amide bonds. The van der Waals surface area contributed by atoms with Crippen molar-refractivity contribution in [3.05, 3.63) is 63.1 Å². The molecule has 2 aliphatic rings. The van der Waals surface area contributed by atoms with Crippen molar-refractivity contribution in [1.82, 2.24) is 14.9 Å². The van der Waals surface area contributed by atoms with Crippen molar-refractivity contribution in [1.29, 1.82) is 0 Å². The van der Waals surface area contributed by atoms with Crippen LogP contribution < -0.4 is 15.8 Å². The Bertz CT molecular complexity index is 2290. The highest BCUT2D eigenvalue weighted by molar-refractivity contribution is 7.53. The molecule has 30 heteroatoms. The predicted molar refractivity (Wildman–Crippen MR) is 246 cm³/mol. The van der Waals surface area contributed by atoms with Crippen molar-refractivity contribution in [2.75, 3.05) is 70.8 Å². The van der Waals surface area contributed by atoms with Gasteiger partial charge in [0.15, 0.2) is 25.5 Å². The van der Waals surface area contributed by atoms with E-state index in [0.717, 1.165) is 23.0 Å². The lowest BCUT2D eigenvalue weighted by molar-refractivity contribution is -0.0311. The molecule has 2 aliphatic heterocycles. The minimum Gasteiger partial charge on any atom is -0.502 e. The first kappa shape index (κ1) is 59.7. The van der Waals surface area contributed by atoms with E-state index in [9.17, 15) is 52.0 Å². The summed E-state index contributed by atoms with van der Waals surface area (Å²) in [6.45, 7) is 7.56. The number of rotatable bonds is 26. The molecule has 1 fully saturated rings. The Hall–Kier alpha value is -5.89. The van der Waals surface area contributed by atoms with Crippen LogP contribution in [0.5, 0.6) is 5.75 Å². The zero-order chi connectivity index (χ0) is 54.0. The molecule has 1 unspecified atom stereocenters. The van der Waals surface area contributed by atoms with E-state index in [4.69, 9.17) is 60.7 Å². The second kappa shape index (κ2) is 28.0. The van der Waals surface area contributed by atoms with E-state index >= 15 is 0 Å². The maximum Gasteiger partial charge on any atom is 0.510 e. The zero-order valence-corrected chi connectivity index (χ0v) is 43.1. The number of carbonyl (C=O) groups is 6. The van der Waals surface area contributed by atoms with E-state index in [1.807, 2.05) is 0 Å². The second-order valence-electron chi connectivity index (χ2n) is 16.7. The molecule has 2 N–H and O–H groups in total. The number of hydrogen-bond acceptors (Lipinski definition) is 23. The van der Waals surface area contributed by atoms with Crippen LogP contribution in [0, 0.1) is 11.6 Å². The topological polar surface area (TPSA) is 300 Å². The quantitative estimate of drug-likeness (QED) is 0.0451. The summed E-state index contributed by atoms with van der Waals surface area (Å²) in [5, 5.41) is 15.3. The number of benzene rings is 1. The fourth-order valence-corrected chi connectivity index (χ4v) is 8.97. The average molecular weight is 1080 g/mol. The van der Waals surface area contributed by atoms with E-state index in [1.165, 1.54) is 37.6 Å². The zero-order valence-electron chi connectivity index (χ0n) is 41.3. The molecule has 0 aliphatic carbocycles. The van der Waals surface area contributed by atoms with Crippen LogP contribution in [0.25, 0.3) is 0 Å². The van der Waals surface area contributed by atoms with Crippen molar-refractivity contribution in [3.63, 3.8) is 0 Å². The Morgan fingerprint density at radius 1 is 0.795 bits per heavy atom. The van der Waals surface area contributed by atoms with Gasteiger partial charge in [0.25, 0.3) is 11.8 Å². The molecule has 408 valence electrons. The molecule has 4 rings (SSSR count). The van der Waals surface area contributed by atoms with Crippen LogP contribution in [-0.2, 0) is 71.8 Å². The number of nitrogens with zero attached hydrogens (tertiary/aromatic N) is 3. The number of aromatic hydroxyl groups is 1. The number of pyridine rings is 1. The number of amides is 2. The Labute approximate surface area is 418 Å². The lowest BCUT2D eigenvalue weighted by atomic mass is 10.0. The highest BCUT2D eigenvalue weighted by Gasteiger charge is 2.54. The van der Waals surface area contributed by atoms with Crippen LogP contribution in [-0.4, -0.2) is 147 Å². The van der Waals surface area contributed by atoms with Gasteiger partial charge in [0, 0.05) is 50.0 Å². The van der Waals surface area contributed by atoms with Crippen molar-refractivity contribution in [2.45, 2.75) is 105 Å². The number of halogens is 2. The summed E-state index contributed by atoms with van der Waals surface area (Å²) >= 11 is 0. The van der Waals surface area contributed by atoms with Gasteiger partial charge in [-0.1, -0.05) is 6.07 Å². The Morgan fingerprint density at radius 2 is 1.32 bits per heavy atom. The number of hydrogen-bond donors (Lipinski definition) is 2. The van der Waals surface area contributed by atoms with Crippen LogP contribution >= 0.6 is 16.0 Å². The van der Waals surface area contributed by atoms with E-state index in [1.54, 1.807) is 27.7 Å². The summed E-state index contributed by atoms with van der Waals surface area (Å²) in [7, 11) is -6.70. The summed E-state index contributed by atoms with van der Waals surface area (Å²) in [4.78, 5) is 92.1. The molecule has 26 nitrogen and oxygen atoms in total. The smallest absolute Gasteiger partial charge is 0.502 e. The summed E-state index contributed by atoms with van der Waals surface area (Å²) < 4.78 is 111. The summed E-state index contributed by atoms with van der Waals surface area (Å²) in [6.07, 6.45) is -6.63. The molecule has 1 atom stereocenters. The van der Waals surface area contributed by atoms with Crippen molar-refractivity contribution in [3.8, 4) is 5.75 Å². The molecule has 0 saturated carbocycles. The van der Waals surface area contributed by atoms with E-state index < -0.39 is 163 Å². The lowest BCUT2D eigenvalue weighted by Gasteiger charge is -2.53. The average Bonchev–Trinajstić information content (AvgIpc) is 3.76. The number of fused-ring (bicyclic) bond motifs is 1. The Kier molecular flexibility index (Phi) is 22.9. The molecule has 73 heavy (non-hydrogen) atoms. The molecular formula is C43H60F2N4O22P2. The molecule has 1 aromatic heterocycles. The first-order valence-corrected chi connectivity index (χ1v) is 25.7. The molecule has 3 heterocycles. The molecule has 2 aromatic rings. The summed E-state index contributed by atoms with van der Waals surface area (Å²) in [6, 6.07) is 2.60. The molecule has 1 spiro atoms. The minimum atomic E-state index is -4.61. The van der Waals surface area contributed by atoms with Crippen LogP contribution in [0.15, 0.2) is 29.2 Å². The van der Waals surface area contributed by atoms with Crippen LogP contribution in [0.3, 0.4) is 0 Å². The minimum absolute atomic E-state index is 0.00675. The highest BCUT2D eigenvalue weighted by atomic mass is 31.2. The van der Waals surface area contributed by atoms with Gasteiger partial charge in [-0.25, -0.2) is 28.0 Å². The van der Waals surface area contributed by atoms with E-state index in [-0.39, 0.29) is 44.3 Å². The largest absolute Gasteiger partial charge is 0.510 e. The van der Waals surface area contributed by atoms with Gasteiger partial charge in [0.1, 0.15) is 17.2 Å². The molecule has 0 radical (unpaired) electrons. The fraction of sp³-hybridized carbons (Fsp3) is 0.605. The van der Waals surface area contributed by atoms with Crippen LogP contribution in [0.2, 0.25) is 0 Å². The Morgan fingerprint density at radius 3 is 1.79 bits per heavy atom. The van der Waals surface area contributed by atoms with Gasteiger partial charge in [-0.2, -0.15) is 0 Å². The molecule has 0 bridgehead atoms. The maximum atomic E-state index is 14.8. The number of nitrogens with one attached hydrogen (secondary N) is 1. The fourth-order valence-electron chi connectivity index (χ4n) is 6.71. The molecular weight excluding hydrogens is 1020 g/mol. The maximum absolute atomic E-state index is 14.8. The summed E-state index contributed by atoms with van der Waals surface area (Å²) in [5.74, 6) is -5.23. The van der Waals surface area contributed by atoms with Crippen molar-refractivity contribution < 1.29 is 108 Å². The van der Waals surface area contributed by atoms with Crippen molar-refractivity contribution in [2.24, 2.45) is 0 Å². The standard InChI is InChI=1S/C43H60F2N4O22P2/c1-26(2)68-39(54)60-22-64-72(65-23-61-40(55)69-27(3)4)16-9-13-47-38(53)34-36(51)35(50)32(37(52)46-19-30-10-11-31(44)18-33(30)45)20-48(34)49(43(47)12-15-59-21-43)14-17-73(58,66-24-62-41(56)70-28(5)6)67-25-63-42(57)71-29(7)8/h10-11,18,20,26-29,51H,9,12-17,19,21-25H2,1-8H3,(H,46,52). The van der Waals surface area contributed by atoms with Gasteiger partial charge < -0.3 is 58.0 Å². The SMILES string of the molecule is CC(C)OC(=O)OCOP(CCCN1C(=O)c2c(O)c(=O)c(C(=O)NCc3ccc(F)cc3F)cn2N(CCP(=O)(OCOC(=O)OC(C)C)OCOC(=O)OC(C)C)C12CCOC2)OCOC(=O)OC(C)C. The second-order valence-corrected chi connectivity index (χ2v) is 20.5. The molecule has 1 aromatic carbocycles. The number of aromatic nitrogens is 1. The third-order valence-corrected chi connectivity index (χ3v) is 13.0. The Balaban J connectivity index is 1.74. The van der Waals surface area contributed by atoms with Gasteiger partial charge in [0.05, 0.1) is 43.8 Å².